The van der Waals surface area contributed by atoms with E-state index in [1.807, 2.05) is 6.92 Å². The van der Waals surface area contributed by atoms with E-state index in [0.29, 0.717) is 29.4 Å². The van der Waals surface area contributed by atoms with Gasteiger partial charge in [0.05, 0.1) is 23.5 Å². The molecule has 3 aromatic rings. The van der Waals surface area contributed by atoms with Gasteiger partial charge in [-0.15, -0.1) is 5.10 Å². The van der Waals surface area contributed by atoms with E-state index in [-0.39, 0.29) is 5.69 Å². The van der Waals surface area contributed by atoms with Crippen LogP contribution >= 0.6 is 0 Å². The predicted molar refractivity (Wildman–Crippen MR) is 89.4 cm³/mol. The van der Waals surface area contributed by atoms with Crippen molar-refractivity contribution in [3.8, 4) is 11.4 Å². The first-order valence-electron chi connectivity index (χ1n) is 7.68. The average molecular weight is 341 g/mol. The molecule has 0 radical (unpaired) electrons. The number of carbonyl (C=O) groups is 1. The van der Waals surface area contributed by atoms with Crippen LogP contribution in [0.1, 0.15) is 23.1 Å². The lowest BCUT2D eigenvalue weighted by molar-refractivity contribution is 0.102. The Morgan fingerprint density at radius 3 is 2.80 bits per heavy atom. The minimum absolute atomic E-state index is 0.0312. The van der Waals surface area contributed by atoms with E-state index in [9.17, 15) is 9.18 Å². The Morgan fingerprint density at radius 1 is 1.28 bits per heavy atom. The Balaban J connectivity index is 1.90. The smallest absolute Gasteiger partial charge is 0.259 e. The van der Waals surface area contributed by atoms with Crippen LogP contribution < -0.4 is 10.1 Å². The highest BCUT2D eigenvalue weighted by Gasteiger charge is 2.15. The van der Waals surface area contributed by atoms with Crippen molar-refractivity contribution >= 4 is 11.6 Å². The van der Waals surface area contributed by atoms with Crippen molar-refractivity contribution in [2.24, 2.45) is 0 Å². The number of hydrogen-bond acceptors (Lipinski definition) is 5. The number of aromatic nitrogens is 4. The number of nitrogens with one attached hydrogen (secondary N) is 1. The van der Waals surface area contributed by atoms with Gasteiger partial charge < -0.3 is 10.1 Å². The van der Waals surface area contributed by atoms with Crippen LogP contribution in [0.3, 0.4) is 0 Å². The molecule has 0 bridgehead atoms. The van der Waals surface area contributed by atoms with Crippen LogP contribution in [-0.2, 0) is 0 Å². The lowest BCUT2D eigenvalue weighted by Gasteiger charge is -2.12. The summed E-state index contributed by atoms with van der Waals surface area (Å²) in [6.45, 7) is 3.97. The topological polar surface area (TPSA) is 81.9 Å². The van der Waals surface area contributed by atoms with Crippen LogP contribution in [0.2, 0.25) is 0 Å². The SMILES string of the molecule is CCOc1ccccc1C(=O)Nc1cc(-n2nnnc2C)ccc1F. The van der Waals surface area contributed by atoms with Crippen LogP contribution in [0.5, 0.6) is 5.75 Å². The Morgan fingerprint density at radius 2 is 2.08 bits per heavy atom. The fourth-order valence-corrected chi connectivity index (χ4v) is 2.34. The van der Waals surface area contributed by atoms with E-state index in [0.717, 1.165) is 0 Å². The molecule has 1 heterocycles. The number of rotatable bonds is 5. The summed E-state index contributed by atoms with van der Waals surface area (Å²) in [7, 11) is 0. The number of anilines is 1. The molecule has 0 saturated carbocycles. The normalized spacial score (nSPS) is 10.5. The molecule has 8 heteroatoms. The third-order valence-electron chi connectivity index (χ3n) is 3.50. The number of ether oxygens (including phenoxy) is 1. The van der Waals surface area contributed by atoms with E-state index in [2.05, 4.69) is 20.8 Å². The van der Waals surface area contributed by atoms with Crippen molar-refractivity contribution in [2.75, 3.05) is 11.9 Å². The van der Waals surface area contributed by atoms with Crippen molar-refractivity contribution in [1.82, 2.24) is 20.2 Å². The number of para-hydroxylation sites is 1. The van der Waals surface area contributed by atoms with Gasteiger partial charge in [-0.1, -0.05) is 12.1 Å². The number of benzene rings is 2. The number of carbonyl (C=O) groups excluding carboxylic acids is 1. The molecule has 1 aromatic heterocycles. The van der Waals surface area contributed by atoms with Gasteiger partial charge in [0.15, 0.2) is 5.82 Å². The predicted octanol–water partition coefficient (Wildman–Crippen LogP) is 2.76. The zero-order valence-corrected chi connectivity index (χ0v) is 13.7. The molecule has 0 spiro atoms. The van der Waals surface area contributed by atoms with Crippen LogP contribution in [-0.4, -0.2) is 32.7 Å². The van der Waals surface area contributed by atoms with Crippen LogP contribution in [0.15, 0.2) is 42.5 Å². The van der Waals surface area contributed by atoms with Crippen molar-refractivity contribution in [2.45, 2.75) is 13.8 Å². The van der Waals surface area contributed by atoms with Crippen LogP contribution in [0.4, 0.5) is 10.1 Å². The Bertz CT molecular complexity index is 910. The quantitative estimate of drug-likeness (QED) is 0.772. The van der Waals surface area contributed by atoms with Crippen molar-refractivity contribution < 1.29 is 13.9 Å². The van der Waals surface area contributed by atoms with Crippen molar-refractivity contribution in [1.29, 1.82) is 0 Å². The second-order valence-corrected chi connectivity index (χ2v) is 5.19. The summed E-state index contributed by atoms with van der Waals surface area (Å²) in [6.07, 6.45) is 0. The molecule has 2 aromatic carbocycles. The van der Waals surface area contributed by atoms with Gasteiger partial charge in [-0.2, -0.15) is 4.68 Å². The second kappa shape index (κ2) is 7.08. The number of tetrazole rings is 1. The molecule has 0 aliphatic heterocycles. The standard InChI is InChI=1S/C17H16FN5O2/c1-3-25-16-7-5-4-6-13(16)17(24)19-15-10-12(8-9-14(15)18)23-11(2)20-21-22-23/h4-10H,3H2,1-2H3,(H,19,24). The molecule has 128 valence electrons. The van der Waals surface area contributed by atoms with Crippen LogP contribution in [0, 0.1) is 12.7 Å². The summed E-state index contributed by atoms with van der Waals surface area (Å²) in [6, 6.07) is 11.0. The molecule has 3 rings (SSSR count). The van der Waals surface area contributed by atoms with Crippen molar-refractivity contribution in [3.63, 3.8) is 0 Å². The maximum atomic E-state index is 14.1. The molecule has 0 aliphatic carbocycles. The molecule has 1 N–H and O–H groups in total. The van der Waals surface area contributed by atoms with Crippen LogP contribution in [0.25, 0.3) is 5.69 Å². The second-order valence-electron chi connectivity index (χ2n) is 5.19. The fraction of sp³-hybridized carbons (Fsp3) is 0.176. The minimum atomic E-state index is -0.559. The molecule has 0 unspecified atom stereocenters. The average Bonchev–Trinajstić information content (AvgIpc) is 3.03. The van der Waals surface area contributed by atoms with Gasteiger partial charge in [-0.05, 0) is 54.6 Å². The number of aryl methyl sites for hydroxylation is 1. The lowest BCUT2D eigenvalue weighted by atomic mass is 10.1. The third kappa shape index (κ3) is 3.47. The zero-order chi connectivity index (χ0) is 17.8. The largest absolute Gasteiger partial charge is 0.493 e. The molecule has 0 fully saturated rings. The number of hydrogen-bond donors (Lipinski definition) is 1. The lowest BCUT2D eigenvalue weighted by Crippen LogP contribution is -2.15. The summed E-state index contributed by atoms with van der Waals surface area (Å²) < 4.78 is 21.0. The molecular formula is C17H16FN5O2. The van der Waals surface area contributed by atoms with Gasteiger partial charge in [0.25, 0.3) is 5.91 Å². The van der Waals surface area contributed by atoms with Gasteiger partial charge in [0, 0.05) is 0 Å². The first-order chi connectivity index (χ1) is 12.1. The number of amides is 1. The van der Waals surface area contributed by atoms with E-state index >= 15 is 0 Å². The van der Waals surface area contributed by atoms with Gasteiger partial charge in [0.1, 0.15) is 11.6 Å². The third-order valence-corrected chi connectivity index (χ3v) is 3.50. The first kappa shape index (κ1) is 16.6. The highest BCUT2D eigenvalue weighted by molar-refractivity contribution is 6.06. The molecule has 0 aliphatic rings. The van der Waals surface area contributed by atoms with Gasteiger partial charge in [-0.25, -0.2) is 4.39 Å². The van der Waals surface area contributed by atoms with Gasteiger partial charge in [0.2, 0.25) is 0 Å². The molecule has 0 atom stereocenters. The van der Waals surface area contributed by atoms with E-state index in [1.165, 1.54) is 22.9 Å². The summed E-state index contributed by atoms with van der Waals surface area (Å²) >= 11 is 0. The minimum Gasteiger partial charge on any atom is -0.493 e. The fourth-order valence-electron chi connectivity index (χ4n) is 2.34. The highest BCUT2D eigenvalue weighted by atomic mass is 19.1. The summed E-state index contributed by atoms with van der Waals surface area (Å²) in [5.41, 5.74) is 0.897. The molecule has 1 amide bonds. The zero-order valence-electron chi connectivity index (χ0n) is 13.7. The summed E-state index contributed by atoms with van der Waals surface area (Å²) in [5.74, 6) is -0.0359. The van der Waals surface area contributed by atoms with E-state index in [1.54, 1.807) is 31.2 Å². The number of halogens is 1. The maximum absolute atomic E-state index is 14.1. The Kier molecular flexibility index (Phi) is 4.69. The number of nitrogens with zero attached hydrogens (tertiary/aromatic N) is 4. The molecular weight excluding hydrogens is 325 g/mol. The summed E-state index contributed by atoms with van der Waals surface area (Å²) in [5, 5.41) is 13.8. The maximum Gasteiger partial charge on any atom is 0.259 e. The monoisotopic (exact) mass is 341 g/mol. The van der Waals surface area contributed by atoms with Crippen molar-refractivity contribution in [3.05, 3.63) is 59.7 Å². The highest BCUT2D eigenvalue weighted by Crippen LogP contribution is 2.23. The van der Waals surface area contributed by atoms with Gasteiger partial charge in [-0.3, -0.25) is 4.79 Å². The van der Waals surface area contributed by atoms with E-state index in [4.69, 9.17) is 4.74 Å². The summed E-state index contributed by atoms with van der Waals surface area (Å²) in [4.78, 5) is 12.5. The molecule has 0 saturated heterocycles. The molecule has 7 nitrogen and oxygen atoms in total. The first-order valence-corrected chi connectivity index (χ1v) is 7.68. The Labute approximate surface area is 143 Å². The van der Waals surface area contributed by atoms with E-state index < -0.39 is 11.7 Å². The van der Waals surface area contributed by atoms with Gasteiger partial charge >= 0.3 is 0 Å². The Hall–Kier alpha value is -3.29. The molecule has 25 heavy (non-hydrogen) atoms.